The number of hydrogen-bond acceptors (Lipinski definition) is 21. The van der Waals surface area contributed by atoms with E-state index in [4.69, 9.17) is 95.5 Å². The number of aliphatic hydroxyl groups is 2. The van der Waals surface area contributed by atoms with E-state index in [1.165, 1.54) is 77.0 Å². The summed E-state index contributed by atoms with van der Waals surface area (Å²) in [4.78, 5) is 2.58. The number of ether oxygens (including phenoxy) is 18. The lowest BCUT2D eigenvalue weighted by molar-refractivity contribution is -0.0257. The zero-order chi connectivity index (χ0) is 55.2. The largest absolute Gasteiger partial charge is 0.394 e. The first kappa shape index (κ1) is 76.2. The minimum atomic E-state index is 0.0220. The molecule has 2 N–H and O–H groups in total. The van der Waals surface area contributed by atoms with Crippen LogP contribution >= 0.6 is 0 Å². The van der Waals surface area contributed by atoms with Crippen molar-refractivity contribution in [3.63, 3.8) is 0 Å². The Morgan fingerprint density at radius 2 is 0.338 bits per heavy atom. The highest BCUT2D eigenvalue weighted by molar-refractivity contribution is 4.60. The summed E-state index contributed by atoms with van der Waals surface area (Å²) >= 11 is 0. The fraction of sp³-hybridized carbons (Fsp3) is 1.00. The molecule has 0 aliphatic heterocycles. The van der Waals surface area contributed by atoms with Gasteiger partial charge in [-0.05, 0) is 25.8 Å². The first-order valence-electron chi connectivity index (χ1n) is 29.7. The Kier molecular flexibility index (Phi) is 72.4. The highest BCUT2D eigenvalue weighted by atomic mass is 16.6. The maximum atomic E-state index is 8.64. The molecule has 0 heterocycles. The molecule has 0 aromatic carbocycles. The molecular weight excluding hydrogens is 1010 g/mol. The third-order valence-corrected chi connectivity index (χ3v) is 11.3. The minimum Gasteiger partial charge on any atom is -0.394 e. The van der Waals surface area contributed by atoms with Crippen LogP contribution in [0.1, 0.15) is 96.8 Å². The van der Waals surface area contributed by atoms with Gasteiger partial charge in [-0.3, -0.25) is 0 Å². The van der Waals surface area contributed by atoms with Crippen LogP contribution in [0, 0.1) is 0 Å². The van der Waals surface area contributed by atoms with Gasteiger partial charge in [-0.1, -0.05) is 77.6 Å². The second kappa shape index (κ2) is 73.2. The van der Waals surface area contributed by atoms with Gasteiger partial charge in [-0.25, -0.2) is 0 Å². The van der Waals surface area contributed by atoms with Gasteiger partial charge in [0, 0.05) is 26.3 Å². The van der Waals surface area contributed by atoms with Gasteiger partial charge >= 0.3 is 0 Å². The fourth-order valence-electron chi connectivity index (χ4n) is 7.14. The van der Waals surface area contributed by atoms with Crippen molar-refractivity contribution in [2.75, 3.05) is 271 Å². The molecule has 0 aromatic rings. The van der Waals surface area contributed by atoms with Crippen LogP contribution in [0.3, 0.4) is 0 Å². The van der Waals surface area contributed by atoms with E-state index in [9.17, 15) is 0 Å². The lowest BCUT2D eigenvalue weighted by atomic mass is 10.1. The van der Waals surface area contributed by atoms with Gasteiger partial charge < -0.3 is 100 Å². The Morgan fingerprint density at radius 3 is 0.532 bits per heavy atom. The zero-order valence-electron chi connectivity index (χ0n) is 48.6. The quantitative estimate of drug-likeness (QED) is 0.0764. The molecule has 0 aliphatic rings. The molecule has 0 atom stereocenters. The normalized spacial score (nSPS) is 11.8. The van der Waals surface area contributed by atoms with Crippen LogP contribution < -0.4 is 0 Å². The van der Waals surface area contributed by atoms with Crippen LogP contribution in [0.25, 0.3) is 0 Å². The molecular formula is C56H115NO20. The first-order chi connectivity index (χ1) is 38.3. The SMILES string of the molecule is CCCCCCCCCCCCCCN(CCCOCCOCCOCCOCCOCCOCCOCCOCCOCCO)CCCOCCOCCOCCOCCOCCOCCOCCOCCOCCO. The lowest BCUT2D eigenvalue weighted by Gasteiger charge is -2.22. The molecule has 21 nitrogen and oxygen atoms in total. The van der Waals surface area contributed by atoms with Gasteiger partial charge in [0.25, 0.3) is 0 Å². The van der Waals surface area contributed by atoms with Crippen LogP contribution in [-0.2, 0) is 85.3 Å². The molecule has 0 amide bonds. The molecule has 77 heavy (non-hydrogen) atoms. The molecule has 21 heteroatoms. The van der Waals surface area contributed by atoms with Gasteiger partial charge in [0.15, 0.2) is 0 Å². The summed E-state index contributed by atoms with van der Waals surface area (Å²) in [5.74, 6) is 0. The number of rotatable bonds is 73. The molecule has 0 bridgehead atoms. The second-order valence-electron chi connectivity index (χ2n) is 17.9. The summed E-state index contributed by atoms with van der Waals surface area (Å²) in [6, 6.07) is 0. The van der Waals surface area contributed by atoms with E-state index in [0.717, 1.165) is 45.7 Å². The van der Waals surface area contributed by atoms with Crippen LogP contribution in [-0.4, -0.2) is 286 Å². The molecule has 0 spiro atoms. The predicted molar refractivity (Wildman–Crippen MR) is 296 cm³/mol. The van der Waals surface area contributed by atoms with Crippen LogP contribution in [0.15, 0.2) is 0 Å². The average molecular weight is 1120 g/mol. The van der Waals surface area contributed by atoms with Crippen LogP contribution in [0.5, 0.6) is 0 Å². The molecule has 0 fully saturated rings. The van der Waals surface area contributed by atoms with Gasteiger partial charge in [0.2, 0.25) is 0 Å². The van der Waals surface area contributed by atoms with E-state index in [1.54, 1.807) is 0 Å². The maximum absolute atomic E-state index is 8.64. The van der Waals surface area contributed by atoms with Crippen molar-refractivity contribution in [3.8, 4) is 0 Å². The molecule has 0 unspecified atom stereocenters. The lowest BCUT2D eigenvalue weighted by Crippen LogP contribution is -2.29. The summed E-state index contributed by atoms with van der Waals surface area (Å²) in [5.41, 5.74) is 0. The number of hydrogen-bond donors (Lipinski definition) is 2. The molecule has 0 saturated carbocycles. The summed E-state index contributed by atoms with van der Waals surface area (Å²) in [6.07, 6.45) is 18.3. The molecule has 0 aliphatic carbocycles. The van der Waals surface area contributed by atoms with Crippen molar-refractivity contribution >= 4 is 0 Å². The van der Waals surface area contributed by atoms with Gasteiger partial charge in [0.05, 0.1) is 238 Å². The van der Waals surface area contributed by atoms with Crippen molar-refractivity contribution in [3.05, 3.63) is 0 Å². The first-order valence-corrected chi connectivity index (χ1v) is 29.7. The summed E-state index contributed by atoms with van der Waals surface area (Å²) in [7, 11) is 0. The van der Waals surface area contributed by atoms with Crippen molar-refractivity contribution in [2.45, 2.75) is 96.8 Å². The maximum Gasteiger partial charge on any atom is 0.0701 e. The highest BCUT2D eigenvalue weighted by Crippen LogP contribution is 2.12. The molecule has 0 radical (unpaired) electrons. The van der Waals surface area contributed by atoms with Crippen molar-refractivity contribution in [1.82, 2.24) is 4.90 Å². The Hall–Kier alpha value is -0.840. The van der Waals surface area contributed by atoms with Crippen molar-refractivity contribution < 1.29 is 95.5 Å². The average Bonchev–Trinajstić information content (AvgIpc) is 3.44. The topological polar surface area (TPSA) is 210 Å². The van der Waals surface area contributed by atoms with E-state index in [0.29, 0.717) is 225 Å². The number of unbranched alkanes of at least 4 members (excludes halogenated alkanes) is 11. The Morgan fingerprint density at radius 1 is 0.182 bits per heavy atom. The summed E-state index contributed by atoms with van der Waals surface area (Å²) in [5, 5.41) is 17.3. The smallest absolute Gasteiger partial charge is 0.0701 e. The molecule has 0 rings (SSSR count). The van der Waals surface area contributed by atoms with E-state index in [2.05, 4.69) is 11.8 Å². The highest BCUT2D eigenvalue weighted by Gasteiger charge is 2.06. The Labute approximate surface area is 466 Å². The minimum absolute atomic E-state index is 0.0220. The third kappa shape index (κ3) is 71.2. The van der Waals surface area contributed by atoms with E-state index >= 15 is 0 Å². The van der Waals surface area contributed by atoms with Gasteiger partial charge in [0.1, 0.15) is 0 Å². The van der Waals surface area contributed by atoms with Crippen LogP contribution in [0.2, 0.25) is 0 Å². The van der Waals surface area contributed by atoms with E-state index in [1.807, 2.05) is 0 Å². The molecule has 464 valence electrons. The third-order valence-electron chi connectivity index (χ3n) is 11.3. The van der Waals surface area contributed by atoms with E-state index in [-0.39, 0.29) is 13.2 Å². The molecule has 0 saturated heterocycles. The standard InChI is InChI=1S/C56H115NO20/c1-2-3-4-5-6-7-8-9-10-11-12-13-16-57(17-14-21-60-25-29-64-33-37-68-41-45-72-49-53-76-55-51-74-47-43-70-39-35-66-31-27-62-23-19-58)18-15-22-61-26-30-65-34-38-69-42-46-73-50-54-77-56-52-75-48-44-71-40-36-67-32-28-63-24-20-59/h58-59H,2-56H2,1H3. The zero-order valence-corrected chi connectivity index (χ0v) is 48.6. The van der Waals surface area contributed by atoms with Crippen molar-refractivity contribution in [1.29, 1.82) is 0 Å². The monoisotopic (exact) mass is 1120 g/mol. The summed E-state index contributed by atoms with van der Waals surface area (Å²) in [6.45, 7) is 23.9. The fourth-order valence-corrected chi connectivity index (χ4v) is 7.14. The Bertz CT molecular complexity index is 959. The second-order valence-corrected chi connectivity index (χ2v) is 17.9. The predicted octanol–water partition coefficient (Wildman–Crippen LogP) is 5.05. The van der Waals surface area contributed by atoms with Gasteiger partial charge in [-0.2, -0.15) is 0 Å². The number of aliphatic hydroxyl groups excluding tert-OH is 2. The number of nitrogens with zero attached hydrogens (tertiary/aromatic N) is 1. The van der Waals surface area contributed by atoms with Gasteiger partial charge in [-0.15, -0.1) is 0 Å². The Balaban J connectivity index is 3.79. The van der Waals surface area contributed by atoms with E-state index < -0.39 is 0 Å². The molecule has 0 aromatic heterocycles. The summed E-state index contributed by atoms with van der Waals surface area (Å²) < 4.78 is 99.4. The van der Waals surface area contributed by atoms with Crippen molar-refractivity contribution in [2.24, 2.45) is 0 Å². The van der Waals surface area contributed by atoms with Crippen LogP contribution in [0.4, 0.5) is 0 Å².